The Morgan fingerprint density at radius 3 is 2.77 bits per heavy atom. The molecule has 4 heteroatoms. The minimum absolute atomic E-state index is 0.0786. The minimum Gasteiger partial charge on any atom is -0.323 e. The predicted molar refractivity (Wildman–Crippen MR) is 59.4 cm³/mol. The van der Waals surface area contributed by atoms with Crippen LogP contribution in [0.3, 0.4) is 0 Å². The second kappa shape index (κ2) is 4.96. The summed E-state index contributed by atoms with van der Waals surface area (Å²) in [6.07, 6.45) is 0.952. The van der Waals surface area contributed by atoms with Crippen molar-refractivity contribution in [2.75, 3.05) is 20.6 Å². The first-order chi connectivity index (χ1) is 6.11. The van der Waals surface area contributed by atoms with Crippen LogP contribution in [0.2, 0.25) is 5.02 Å². The fraction of sp³-hybridized carbons (Fsp3) is 0.556. The van der Waals surface area contributed by atoms with Crippen LogP contribution in [0.15, 0.2) is 11.4 Å². The minimum atomic E-state index is 0.0786. The van der Waals surface area contributed by atoms with E-state index in [-0.39, 0.29) is 6.04 Å². The highest BCUT2D eigenvalue weighted by molar-refractivity contribution is 7.10. The molecule has 0 aromatic carbocycles. The van der Waals surface area contributed by atoms with Crippen molar-refractivity contribution in [3.05, 3.63) is 21.3 Å². The van der Waals surface area contributed by atoms with Crippen LogP contribution in [0.5, 0.6) is 0 Å². The molecule has 1 heterocycles. The van der Waals surface area contributed by atoms with Crippen molar-refractivity contribution >= 4 is 22.9 Å². The summed E-state index contributed by atoms with van der Waals surface area (Å²) in [7, 11) is 4.09. The largest absolute Gasteiger partial charge is 0.323 e. The van der Waals surface area contributed by atoms with E-state index in [4.69, 9.17) is 17.3 Å². The molecule has 13 heavy (non-hydrogen) atoms. The topological polar surface area (TPSA) is 29.3 Å². The van der Waals surface area contributed by atoms with Crippen LogP contribution in [-0.2, 0) is 0 Å². The van der Waals surface area contributed by atoms with E-state index >= 15 is 0 Å². The fourth-order valence-corrected chi connectivity index (χ4v) is 2.33. The maximum atomic E-state index is 5.99. The molecule has 0 amide bonds. The van der Waals surface area contributed by atoms with Crippen molar-refractivity contribution in [3.8, 4) is 0 Å². The van der Waals surface area contributed by atoms with Gasteiger partial charge in [0.2, 0.25) is 0 Å². The Labute approximate surface area is 88.3 Å². The zero-order valence-electron chi connectivity index (χ0n) is 7.96. The molecule has 0 bridgehead atoms. The van der Waals surface area contributed by atoms with E-state index in [2.05, 4.69) is 4.90 Å². The first kappa shape index (κ1) is 11.0. The van der Waals surface area contributed by atoms with Crippen molar-refractivity contribution < 1.29 is 0 Å². The second-order valence-electron chi connectivity index (χ2n) is 3.33. The van der Waals surface area contributed by atoms with E-state index in [1.165, 1.54) is 0 Å². The van der Waals surface area contributed by atoms with Gasteiger partial charge in [-0.1, -0.05) is 11.6 Å². The maximum Gasteiger partial charge on any atom is 0.0561 e. The fourth-order valence-electron chi connectivity index (χ4n) is 1.10. The predicted octanol–water partition coefficient (Wildman–Crippen LogP) is 2.35. The van der Waals surface area contributed by atoms with Crippen molar-refractivity contribution in [2.24, 2.45) is 5.73 Å². The quantitative estimate of drug-likeness (QED) is 0.841. The highest BCUT2D eigenvalue weighted by atomic mass is 35.5. The average Bonchev–Trinajstić information content (AvgIpc) is 2.47. The molecule has 0 aliphatic heterocycles. The molecular formula is C9H15ClN2S. The molecule has 2 nitrogen and oxygen atoms in total. The van der Waals surface area contributed by atoms with Gasteiger partial charge >= 0.3 is 0 Å². The van der Waals surface area contributed by atoms with Crippen LogP contribution >= 0.6 is 22.9 Å². The van der Waals surface area contributed by atoms with Gasteiger partial charge in [-0.3, -0.25) is 0 Å². The van der Waals surface area contributed by atoms with Gasteiger partial charge in [-0.15, -0.1) is 11.3 Å². The Bertz CT molecular complexity index is 260. The summed E-state index contributed by atoms with van der Waals surface area (Å²) in [6, 6.07) is 1.98. The van der Waals surface area contributed by atoms with Crippen molar-refractivity contribution in [1.82, 2.24) is 4.90 Å². The number of thiophene rings is 1. The molecule has 74 valence electrons. The molecule has 0 aliphatic rings. The number of nitrogens with zero attached hydrogens (tertiary/aromatic N) is 1. The van der Waals surface area contributed by atoms with Gasteiger partial charge in [0.15, 0.2) is 0 Å². The van der Waals surface area contributed by atoms with Crippen molar-refractivity contribution in [3.63, 3.8) is 0 Å². The van der Waals surface area contributed by atoms with E-state index in [1.807, 2.05) is 25.5 Å². The molecule has 1 unspecified atom stereocenters. The van der Waals surface area contributed by atoms with Crippen LogP contribution < -0.4 is 5.73 Å². The number of hydrogen-bond donors (Lipinski definition) is 1. The number of rotatable bonds is 4. The van der Waals surface area contributed by atoms with E-state index in [1.54, 1.807) is 11.3 Å². The first-order valence-corrected chi connectivity index (χ1v) is 5.50. The standard InChI is InChI=1S/C9H15ClN2S/c1-12(2)5-3-8(11)9-7(10)4-6-13-9/h4,6,8H,3,5,11H2,1-2H3. The molecule has 0 radical (unpaired) electrons. The summed E-state index contributed by atoms with van der Waals surface area (Å²) in [5, 5.41) is 2.78. The molecule has 1 aromatic heterocycles. The normalized spacial score (nSPS) is 13.6. The number of nitrogens with two attached hydrogens (primary N) is 1. The molecule has 1 aromatic rings. The number of hydrogen-bond acceptors (Lipinski definition) is 3. The number of halogens is 1. The van der Waals surface area contributed by atoms with Crippen LogP contribution in [0, 0.1) is 0 Å². The lowest BCUT2D eigenvalue weighted by molar-refractivity contribution is 0.384. The van der Waals surface area contributed by atoms with Crippen LogP contribution in [0.1, 0.15) is 17.3 Å². The Morgan fingerprint density at radius 2 is 2.31 bits per heavy atom. The SMILES string of the molecule is CN(C)CCC(N)c1sccc1Cl. The molecule has 0 saturated heterocycles. The summed E-state index contributed by atoms with van der Waals surface area (Å²) in [6.45, 7) is 0.995. The third-order valence-corrected chi connectivity index (χ3v) is 3.36. The molecule has 1 rings (SSSR count). The van der Waals surface area contributed by atoms with Crippen molar-refractivity contribution in [2.45, 2.75) is 12.5 Å². The Hall–Kier alpha value is -0.0900. The van der Waals surface area contributed by atoms with E-state index in [9.17, 15) is 0 Å². The Balaban J connectivity index is 2.49. The molecular weight excluding hydrogens is 204 g/mol. The van der Waals surface area contributed by atoms with Gasteiger partial charge in [-0.05, 0) is 38.5 Å². The van der Waals surface area contributed by atoms with Gasteiger partial charge in [0.05, 0.1) is 5.02 Å². The Morgan fingerprint density at radius 1 is 1.62 bits per heavy atom. The second-order valence-corrected chi connectivity index (χ2v) is 4.69. The van der Waals surface area contributed by atoms with Gasteiger partial charge in [0.1, 0.15) is 0 Å². The van der Waals surface area contributed by atoms with Gasteiger partial charge in [0, 0.05) is 10.9 Å². The van der Waals surface area contributed by atoms with Crippen LogP contribution in [0.25, 0.3) is 0 Å². The van der Waals surface area contributed by atoms with Crippen LogP contribution in [-0.4, -0.2) is 25.5 Å². The Kier molecular flexibility index (Phi) is 4.19. The van der Waals surface area contributed by atoms with Gasteiger partial charge < -0.3 is 10.6 Å². The van der Waals surface area contributed by atoms with Gasteiger partial charge in [0.25, 0.3) is 0 Å². The third-order valence-electron chi connectivity index (χ3n) is 1.87. The van der Waals surface area contributed by atoms with Gasteiger partial charge in [-0.25, -0.2) is 0 Å². The first-order valence-electron chi connectivity index (χ1n) is 4.24. The molecule has 0 saturated carbocycles. The third kappa shape index (κ3) is 3.27. The molecule has 2 N–H and O–H groups in total. The lowest BCUT2D eigenvalue weighted by Gasteiger charge is -2.14. The van der Waals surface area contributed by atoms with Crippen LogP contribution in [0.4, 0.5) is 0 Å². The highest BCUT2D eigenvalue weighted by Crippen LogP contribution is 2.28. The zero-order valence-corrected chi connectivity index (χ0v) is 9.53. The maximum absolute atomic E-state index is 5.99. The smallest absolute Gasteiger partial charge is 0.0561 e. The monoisotopic (exact) mass is 218 g/mol. The summed E-state index contributed by atoms with van der Waals surface area (Å²) < 4.78 is 0. The summed E-state index contributed by atoms with van der Waals surface area (Å²) in [5.41, 5.74) is 5.99. The zero-order chi connectivity index (χ0) is 9.84. The summed E-state index contributed by atoms with van der Waals surface area (Å²) >= 11 is 7.60. The molecule has 0 fully saturated rings. The highest BCUT2D eigenvalue weighted by Gasteiger charge is 2.11. The van der Waals surface area contributed by atoms with Crippen molar-refractivity contribution in [1.29, 1.82) is 0 Å². The molecule has 0 spiro atoms. The lowest BCUT2D eigenvalue weighted by Crippen LogP contribution is -2.19. The van der Waals surface area contributed by atoms with E-state index < -0.39 is 0 Å². The van der Waals surface area contributed by atoms with Gasteiger partial charge in [-0.2, -0.15) is 0 Å². The average molecular weight is 219 g/mol. The summed E-state index contributed by atoms with van der Waals surface area (Å²) in [5.74, 6) is 0. The molecule has 1 atom stereocenters. The summed E-state index contributed by atoms with van der Waals surface area (Å²) in [4.78, 5) is 3.23. The van der Waals surface area contributed by atoms with E-state index in [0.29, 0.717) is 0 Å². The lowest BCUT2D eigenvalue weighted by atomic mass is 10.2. The van der Waals surface area contributed by atoms with E-state index in [0.717, 1.165) is 22.9 Å². The molecule has 0 aliphatic carbocycles.